The maximum Gasteiger partial charge on any atom is 0.294 e. The zero-order valence-electron chi connectivity index (χ0n) is 22.7. The third-order valence-corrected chi connectivity index (χ3v) is 8.37. The van der Waals surface area contributed by atoms with E-state index in [4.69, 9.17) is 16.3 Å². The van der Waals surface area contributed by atoms with Crippen molar-refractivity contribution in [1.82, 2.24) is 15.2 Å². The Bertz CT molecular complexity index is 1380. The van der Waals surface area contributed by atoms with Crippen molar-refractivity contribution in [2.24, 2.45) is 11.8 Å². The van der Waals surface area contributed by atoms with Crippen LogP contribution in [0.25, 0.3) is 11.1 Å². The molecule has 1 heterocycles. The number of halogens is 2. The Morgan fingerprint density at radius 2 is 1.80 bits per heavy atom. The molecule has 5 atom stereocenters. The van der Waals surface area contributed by atoms with Crippen LogP contribution in [0.1, 0.15) is 43.2 Å². The summed E-state index contributed by atoms with van der Waals surface area (Å²) in [6.07, 6.45) is 2.92. The van der Waals surface area contributed by atoms with Gasteiger partial charge in [-0.05, 0) is 67.9 Å². The monoisotopic (exact) mass is 565 g/mol. The van der Waals surface area contributed by atoms with Crippen LogP contribution in [0.3, 0.4) is 0 Å². The molecule has 2 fully saturated rings. The normalized spacial score (nSPS) is 21.2. The fourth-order valence-electron chi connectivity index (χ4n) is 4.94. The predicted octanol–water partition coefficient (Wildman–Crippen LogP) is 4.86. The summed E-state index contributed by atoms with van der Waals surface area (Å²) in [5, 5.41) is 14.9. The van der Waals surface area contributed by atoms with Crippen LogP contribution in [0.5, 0.6) is 5.75 Å². The van der Waals surface area contributed by atoms with Crippen LogP contribution in [0.15, 0.2) is 60.8 Å². The van der Waals surface area contributed by atoms with E-state index in [1.54, 1.807) is 43.3 Å². The van der Waals surface area contributed by atoms with Crippen LogP contribution >= 0.6 is 11.6 Å². The number of likely N-dealkylation sites (N-methyl/N-ethyl adjacent to an activating group) is 1. The fourth-order valence-corrected chi connectivity index (χ4v) is 5.16. The zero-order valence-corrected chi connectivity index (χ0v) is 23.5. The highest BCUT2D eigenvalue weighted by atomic mass is 35.5. The molecule has 7 nitrogen and oxygen atoms in total. The van der Waals surface area contributed by atoms with E-state index in [1.807, 2.05) is 13.8 Å². The smallest absolute Gasteiger partial charge is 0.294 e. The van der Waals surface area contributed by atoms with Crippen molar-refractivity contribution in [3.8, 4) is 16.9 Å². The Balaban J connectivity index is 1.32. The second-order valence-electron chi connectivity index (χ2n) is 10.7. The number of ether oxygens (including phenoxy) is 1. The van der Waals surface area contributed by atoms with Gasteiger partial charge >= 0.3 is 0 Å². The average molecular weight is 566 g/mol. The molecule has 1 amide bonds. The van der Waals surface area contributed by atoms with Crippen LogP contribution in [0, 0.1) is 17.7 Å². The zero-order chi connectivity index (χ0) is 28.6. The molecule has 2 aliphatic rings. The van der Waals surface area contributed by atoms with Crippen molar-refractivity contribution in [2.75, 3.05) is 19.6 Å². The highest BCUT2D eigenvalue weighted by Crippen LogP contribution is 2.64. The number of pyridine rings is 1. The molecule has 5 rings (SSSR count). The lowest BCUT2D eigenvalue weighted by atomic mass is 9.87. The third-order valence-electron chi connectivity index (χ3n) is 8.07. The van der Waals surface area contributed by atoms with Gasteiger partial charge in [-0.15, -0.1) is 0 Å². The van der Waals surface area contributed by atoms with Crippen LogP contribution in [0.4, 0.5) is 4.39 Å². The number of aliphatic hydroxyl groups is 1. The minimum absolute atomic E-state index is 0.0349. The summed E-state index contributed by atoms with van der Waals surface area (Å²) >= 11 is 6.52. The van der Waals surface area contributed by atoms with Crippen LogP contribution in [-0.4, -0.2) is 58.5 Å². The maximum atomic E-state index is 13.2. The Hall–Kier alpha value is -3.33. The van der Waals surface area contributed by atoms with Crippen molar-refractivity contribution in [3.05, 3.63) is 82.9 Å². The minimum Gasteiger partial charge on any atom is -0.488 e. The summed E-state index contributed by atoms with van der Waals surface area (Å²) in [5.41, 5.74) is 0.325. The second-order valence-corrected chi connectivity index (χ2v) is 11.1. The first kappa shape index (κ1) is 28.2. The number of benzene rings is 2. The summed E-state index contributed by atoms with van der Waals surface area (Å²) in [6.45, 7) is 7.26. The molecular weight excluding hydrogens is 533 g/mol. The SMILES string of the molecule is CCN(CC)C[C@@H](NC(=O)C(=O)c1ccc(-c2ccc(F)cc2)cn1)[C@@](C)(O)c1ccc(OC2C3C[C@H]32)c(Cl)c1. The van der Waals surface area contributed by atoms with Crippen LogP contribution < -0.4 is 10.1 Å². The van der Waals surface area contributed by atoms with Gasteiger partial charge in [0.2, 0.25) is 0 Å². The van der Waals surface area contributed by atoms with Crippen molar-refractivity contribution >= 4 is 23.3 Å². The first-order chi connectivity index (χ1) is 19.1. The molecule has 1 aromatic heterocycles. The summed E-state index contributed by atoms with van der Waals surface area (Å²) in [4.78, 5) is 32.4. The Labute approximate surface area is 238 Å². The molecule has 0 saturated heterocycles. The summed E-state index contributed by atoms with van der Waals surface area (Å²) in [5.74, 6) is -0.170. The second kappa shape index (κ2) is 11.3. The Kier molecular flexibility index (Phi) is 7.95. The molecule has 0 bridgehead atoms. The average Bonchev–Trinajstić information content (AvgIpc) is 3.88. The van der Waals surface area contributed by atoms with Gasteiger partial charge in [0, 0.05) is 30.1 Å². The van der Waals surface area contributed by atoms with Gasteiger partial charge in [0.15, 0.2) is 0 Å². The van der Waals surface area contributed by atoms with Gasteiger partial charge in [-0.2, -0.15) is 0 Å². The van der Waals surface area contributed by atoms with E-state index < -0.39 is 23.3 Å². The molecule has 2 saturated carbocycles. The Morgan fingerprint density at radius 1 is 1.12 bits per heavy atom. The van der Waals surface area contributed by atoms with Gasteiger partial charge in [0.25, 0.3) is 11.7 Å². The number of nitrogens with one attached hydrogen (secondary N) is 1. The van der Waals surface area contributed by atoms with E-state index in [9.17, 15) is 19.1 Å². The number of aromatic nitrogens is 1. The highest BCUT2D eigenvalue weighted by molar-refractivity contribution is 6.42. The van der Waals surface area contributed by atoms with Crippen LogP contribution in [0.2, 0.25) is 5.02 Å². The van der Waals surface area contributed by atoms with Gasteiger partial charge in [-0.3, -0.25) is 14.6 Å². The van der Waals surface area contributed by atoms with E-state index in [0.717, 1.165) is 5.56 Å². The molecule has 2 aromatic carbocycles. The van der Waals surface area contributed by atoms with Gasteiger partial charge in [0.1, 0.15) is 29.0 Å². The molecule has 0 spiro atoms. The van der Waals surface area contributed by atoms with E-state index >= 15 is 0 Å². The number of hydrogen-bond acceptors (Lipinski definition) is 6. The quantitative estimate of drug-likeness (QED) is 0.241. The molecule has 210 valence electrons. The molecule has 0 radical (unpaired) electrons. The summed E-state index contributed by atoms with van der Waals surface area (Å²) < 4.78 is 19.2. The molecule has 2 unspecified atom stereocenters. The number of hydrogen-bond donors (Lipinski definition) is 2. The molecule has 2 aliphatic carbocycles. The molecule has 0 aliphatic heterocycles. The topological polar surface area (TPSA) is 91.8 Å². The third kappa shape index (κ3) is 5.89. The Morgan fingerprint density at radius 3 is 2.35 bits per heavy atom. The number of nitrogens with zero attached hydrogens (tertiary/aromatic N) is 2. The lowest BCUT2D eigenvalue weighted by molar-refractivity contribution is -0.120. The number of rotatable bonds is 12. The highest BCUT2D eigenvalue weighted by Gasteiger charge is 2.66. The van der Waals surface area contributed by atoms with Crippen molar-refractivity contribution < 1.29 is 23.8 Å². The molecule has 3 aromatic rings. The van der Waals surface area contributed by atoms with E-state index in [-0.39, 0.29) is 17.6 Å². The molecule has 40 heavy (non-hydrogen) atoms. The minimum atomic E-state index is -1.55. The fraction of sp³-hybridized carbons (Fsp3) is 0.387. The number of carbonyl (C=O) groups is 2. The number of Topliss-reactive ketones (excluding diaryl/α,β-unsaturated/α-hetero) is 1. The number of ketones is 1. The predicted molar refractivity (Wildman–Crippen MR) is 151 cm³/mol. The lowest BCUT2D eigenvalue weighted by Gasteiger charge is -2.37. The largest absolute Gasteiger partial charge is 0.488 e. The molecule has 2 N–H and O–H groups in total. The van der Waals surface area contributed by atoms with Gasteiger partial charge < -0.3 is 20.1 Å². The summed E-state index contributed by atoms with van der Waals surface area (Å²) in [7, 11) is 0. The van der Waals surface area contributed by atoms with Crippen molar-refractivity contribution in [3.63, 3.8) is 0 Å². The maximum absolute atomic E-state index is 13.2. The van der Waals surface area contributed by atoms with Crippen molar-refractivity contribution in [1.29, 1.82) is 0 Å². The first-order valence-corrected chi connectivity index (χ1v) is 14.0. The molecule has 9 heteroatoms. The van der Waals surface area contributed by atoms with E-state index in [2.05, 4.69) is 15.2 Å². The van der Waals surface area contributed by atoms with E-state index in [1.165, 1.54) is 30.8 Å². The van der Waals surface area contributed by atoms with E-state index in [0.29, 0.717) is 53.4 Å². The summed E-state index contributed by atoms with van der Waals surface area (Å²) in [6, 6.07) is 13.3. The first-order valence-electron chi connectivity index (χ1n) is 13.6. The lowest BCUT2D eigenvalue weighted by Crippen LogP contribution is -2.56. The number of fused-ring (bicyclic) bond motifs is 1. The number of carbonyl (C=O) groups excluding carboxylic acids is 2. The van der Waals surface area contributed by atoms with Gasteiger partial charge in [-0.25, -0.2) is 4.39 Å². The van der Waals surface area contributed by atoms with Crippen molar-refractivity contribution in [2.45, 2.75) is 44.9 Å². The number of amides is 1. The van der Waals surface area contributed by atoms with Gasteiger partial charge in [0.05, 0.1) is 11.1 Å². The van der Waals surface area contributed by atoms with Crippen LogP contribution in [-0.2, 0) is 10.4 Å². The molecular formula is C31H33ClFN3O4. The van der Waals surface area contributed by atoms with Gasteiger partial charge in [-0.1, -0.05) is 49.7 Å². The standard InChI is InChI=1S/C31H33ClFN3O4/c1-4-36(5-2)17-27(31(3,39)20-9-13-26(24(32)14-20)40-29-22-15-23(22)29)35-30(38)28(37)25-12-8-19(16-34-25)18-6-10-21(33)11-7-18/h6-14,16,22-23,27,29,39H,4-5,15,17H2,1-3H3,(H,35,38)/t22-,23?,27-,29?,31+/m1/s1.